The molecule has 144 valence electrons. The van der Waals surface area contributed by atoms with Crippen LogP contribution in [0, 0.1) is 0 Å². The molecule has 29 heavy (non-hydrogen) atoms. The van der Waals surface area contributed by atoms with E-state index in [-0.39, 0.29) is 5.91 Å². The Hall–Kier alpha value is -3.47. The molecule has 2 aromatic carbocycles. The molecule has 0 radical (unpaired) electrons. The monoisotopic (exact) mass is 383 g/mol. The van der Waals surface area contributed by atoms with E-state index in [1.807, 2.05) is 42.5 Å². The molecule has 2 heterocycles. The van der Waals surface area contributed by atoms with Crippen LogP contribution < -0.4 is 5.32 Å². The number of nitrogens with one attached hydrogen (secondary N) is 1. The maximum Gasteiger partial charge on any atom is 0.235 e. The van der Waals surface area contributed by atoms with Gasteiger partial charge in [-0.25, -0.2) is 4.98 Å². The van der Waals surface area contributed by atoms with Gasteiger partial charge >= 0.3 is 0 Å². The average molecular weight is 383 g/mol. The van der Waals surface area contributed by atoms with E-state index in [4.69, 9.17) is 4.42 Å². The van der Waals surface area contributed by atoms with Crippen molar-refractivity contribution < 1.29 is 9.21 Å². The summed E-state index contributed by atoms with van der Waals surface area (Å²) in [4.78, 5) is 21.9. The maximum absolute atomic E-state index is 13.4. The number of amides is 1. The average Bonchev–Trinajstić information content (AvgIpc) is 3.43. The summed E-state index contributed by atoms with van der Waals surface area (Å²) in [5.74, 6) is 0.572. The van der Waals surface area contributed by atoms with Gasteiger partial charge in [0.05, 0.1) is 11.6 Å². The second kappa shape index (κ2) is 7.17. The zero-order chi connectivity index (χ0) is 19.7. The van der Waals surface area contributed by atoms with Crippen molar-refractivity contribution in [1.29, 1.82) is 0 Å². The van der Waals surface area contributed by atoms with E-state index in [9.17, 15) is 4.79 Å². The second-order valence-electron chi connectivity index (χ2n) is 7.55. The number of rotatable bonds is 4. The van der Waals surface area contributed by atoms with Crippen molar-refractivity contribution >= 4 is 22.7 Å². The molecule has 5 rings (SSSR count). The van der Waals surface area contributed by atoms with Crippen molar-refractivity contribution in [1.82, 2.24) is 9.97 Å². The Morgan fingerprint density at radius 1 is 1.00 bits per heavy atom. The Kier molecular flexibility index (Phi) is 4.35. The zero-order valence-electron chi connectivity index (χ0n) is 16.0. The van der Waals surface area contributed by atoms with Crippen LogP contribution in [0.15, 0.2) is 77.5 Å². The van der Waals surface area contributed by atoms with Crippen LogP contribution >= 0.6 is 0 Å². The number of benzene rings is 2. The molecular formula is C24H21N3O2. The molecule has 0 bridgehead atoms. The lowest BCUT2D eigenvalue weighted by molar-refractivity contribution is -0.121. The number of nitrogens with zero attached hydrogens (tertiary/aromatic N) is 2. The van der Waals surface area contributed by atoms with Gasteiger partial charge in [0.25, 0.3) is 0 Å². The van der Waals surface area contributed by atoms with Crippen molar-refractivity contribution in [3.05, 3.63) is 78.6 Å². The van der Waals surface area contributed by atoms with Gasteiger partial charge in [0, 0.05) is 23.5 Å². The molecule has 0 spiro atoms. The van der Waals surface area contributed by atoms with Crippen LogP contribution in [0.25, 0.3) is 22.6 Å². The number of hydrogen-bond acceptors (Lipinski definition) is 4. The van der Waals surface area contributed by atoms with Crippen LogP contribution in [0.3, 0.4) is 0 Å². The molecule has 1 aliphatic rings. The molecule has 5 heteroatoms. The van der Waals surface area contributed by atoms with Crippen molar-refractivity contribution in [2.24, 2.45) is 0 Å². The van der Waals surface area contributed by atoms with Crippen molar-refractivity contribution in [3.63, 3.8) is 0 Å². The summed E-state index contributed by atoms with van der Waals surface area (Å²) < 4.78 is 5.84. The Balaban J connectivity index is 1.44. The van der Waals surface area contributed by atoms with Gasteiger partial charge in [0.1, 0.15) is 5.52 Å². The molecule has 0 unspecified atom stereocenters. The minimum atomic E-state index is -0.458. The quantitative estimate of drug-likeness (QED) is 0.516. The van der Waals surface area contributed by atoms with Crippen LogP contribution in [0.2, 0.25) is 0 Å². The summed E-state index contributed by atoms with van der Waals surface area (Å²) in [6.07, 6.45) is 7.25. The van der Waals surface area contributed by atoms with E-state index in [0.29, 0.717) is 17.0 Å². The number of carbonyl (C=O) groups is 1. The minimum absolute atomic E-state index is 0.0557. The van der Waals surface area contributed by atoms with E-state index in [1.54, 1.807) is 18.5 Å². The highest BCUT2D eigenvalue weighted by Gasteiger charge is 2.42. The molecule has 1 saturated carbocycles. The summed E-state index contributed by atoms with van der Waals surface area (Å²) in [5.41, 5.74) is 3.61. The van der Waals surface area contributed by atoms with Crippen molar-refractivity contribution in [2.45, 2.75) is 31.1 Å². The summed E-state index contributed by atoms with van der Waals surface area (Å²) in [6.45, 7) is 0. The number of fused-ring (bicyclic) bond motifs is 1. The fourth-order valence-electron chi connectivity index (χ4n) is 4.27. The smallest absolute Gasteiger partial charge is 0.235 e. The zero-order valence-corrected chi connectivity index (χ0v) is 16.0. The number of anilines is 1. The van der Waals surface area contributed by atoms with E-state index in [2.05, 4.69) is 27.4 Å². The van der Waals surface area contributed by atoms with Crippen LogP contribution in [0.4, 0.5) is 5.69 Å². The number of aromatic nitrogens is 2. The van der Waals surface area contributed by atoms with Gasteiger partial charge in [0.2, 0.25) is 11.8 Å². The fraction of sp³-hybridized carbons (Fsp3) is 0.208. The highest BCUT2D eigenvalue weighted by molar-refractivity contribution is 5.99. The molecule has 1 amide bonds. The van der Waals surface area contributed by atoms with Crippen LogP contribution in [-0.2, 0) is 10.2 Å². The lowest BCUT2D eigenvalue weighted by atomic mass is 9.78. The molecule has 2 aromatic heterocycles. The Labute approximate surface area is 168 Å². The first kappa shape index (κ1) is 17.6. The van der Waals surface area contributed by atoms with E-state index in [0.717, 1.165) is 42.5 Å². The number of hydrogen-bond donors (Lipinski definition) is 1. The molecule has 1 N–H and O–H groups in total. The lowest BCUT2D eigenvalue weighted by Gasteiger charge is -2.28. The predicted molar refractivity (Wildman–Crippen MR) is 112 cm³/mol. The molecule has 5 nitrogen and oxygen atoms in total. The first-order chi connectivity index (χ1) is 14.2. The van der Waals surface area contributed by atoms with Gasteiger partial charge in [-0.1, -0.05) is 49.2 Å². The third kappa shape index (κ3) is 3.18. The van der Waals surface area contributed by atoms with Gasteiger partial charge < -0.3 is 9.73 Å². The molecule has 1 aliphatic carbocycles. The minimum Gasteiger partial charge on any atom is -0.436 e. The Bertz CT molecular complexity index is 1130. The molecule has 4 aromatic rings. The molecule has 0 atom stereocenters. The number of carbonyl (C=O) groups excluding carboxylic acids is 1. The van der Waals surface area contributed by atoms with Gasteiger partial charge in [-0.05, 0) is 36.6 Å². The molecule has 0 saturated heterocycles. The number of pyridine rings is 1. The first-order valence-electron chi connectivity index (χ1n) is 9.93. The predicted octanol–water partition coefficient (Wildman–Crippen LogP) is 5.34. The van der Waals surface area contributed by atoms with Gasteiger partial charge in [-0.2, -0.15) is 0 Å². The summed E-state index contributed by atoms with van der Waals surface area (Å²) in [7, 11) is 0. The summed E-state index contributed by atoms with van der Waals surface area (Å²) in [5, 5.41) is 3.15. The van der Waals surface area contributed by atoms with Gasteiger partial charge in [-0.3, -0.25) is 9.78 Å². The fourth-order valence-corrected chi connectivity index (χ4v) is 4.27. The Morgan fingerprint density at radius 2 is 1.83 bits per heavy atom. The van der Waals surface area contributed by atoms with E-state index < -0.39 is 5.41 Å². The maximum atomic E-state index is 13.4. The van der Waals surface area contributed by atoms with Crippen LogP contribution in [0.1, 0.15) is 31.2 Å². The van der Waals surface area contributed by atoms with Crippen molar-refractivity contribution in [3.8, 4) is 11.5 Å². The van der Waals surface area contributed by atoms with Crippen LogP contribution in [-0.4, -0.2) is 15.9 Å². The third-order valence-electron chi connectivity index (χ3n) is 5.78. The summed E-state index contributed by atoms with van der Waals surface area (Å²) in [6, 6.07) is 19.6. The molecule has 0 aliphatic heterocycles. The van der Waals surface area contributed by atoms with Gasteiger partial charge in [0.15, 0.2) is 5.58 Å². The topological polar surface area (TPSA) is 68.0 Å². The van der Waals surface area contributed by atoms with E-state index in [1.165, 1.54) is 0 Å². The third-order valence-corrected chi connectivity index (χ3v) is 5.78. The molecule has 1 fully saturated rings. The lowest BCUT2D eigenvalue weighted by Crippen LogP contribution is -2.37. The largest absolute Gasteiger partial charge is 0.436 e. The van der Waals surface area contributed by atoms with Crippen LogP contribution in [0.5, 0.6) is 0 Å². The van der Waals surface area contributed by atoms with E-state index >= 15 is 0 Å². The van der Waals surface area contributed by atoms with Crippen molar-refractivity contribution in [2.75, 3.05) is 5.32 Å². The normalized spacial score (nSPS) is 15.4. The van der Waals surface area contributed by atoms with Gasteiger partial charge in [-0.15, -0.1) is 0 Å². The standard InChI is InChI=1S/C24H21N3O2/c28-23(24(12-4-5-13-24)18-8-2-1-3-9-18)26-19-10-6-7-17(15-19)22-27-20-16-25-14-11-21(20)29-22/h1-3,6-11,14-16H,4-5,12-13H2,(H,26,28). The SMILES string of the molecule is O=C(Nc1cccc(-c2nc3cnccc3o2)c1)C1(c2ccccc2)CCCC1. The summed E-state index contributed by atoms with van der Waals surface area (Å²) >= 11 is 0. The number of oxazole rings is 1. The highest BCUT2D eigenvalue weighted by atomic mass is 16.3. The molecular weight excluding hydrogens is 362 g/mol. The first-order valence-corrected chi connectivity index (χ1v) is 9.93. The second-order valence-corrected chi connectivity index (χ2v) is 7.55. The highest BCUT2D eigenvalue weighted by Crippen LogP contribution is 2.42. The Morgan fingerprint density at radius 3 is 2.62 bits per heavy atom.